The SMILES string of the molecule is Cc1nc(/C=C/C(=O)N2CCN(CCC(=O)O)CC2)cs1. The molecule has 0 aromatic carbocycles. The summed E-state index contributed by atoms with van der Waals surface area (Å²) in [5.74, 6) is -0.798. The van der Waals surface area contributed by atoms with Crippen LogP contribution in [0.5, 0.6) is 0 Å². The summed E-state index contributed by atoms with van der Waals surface area (Å²) < 4.78 is 0. The van der Waals surface area contributed by atoms with Crippen LogP contribution in [0.2, 0.25) is 0 Å². The number of aromatic nitrogens is 1. The number of aryl methyl sites for hydroxylation is 1. The number of thiazole rings is 1. The van der Waals surface area contributed by atoms with E-state index in [0.717, 1.165) is 23.8 Å². The molecule has 0 unspecified atom stereocenters. The molecule has 114 valence electrons. The van der Waals surface area contributed by atoms with Gasteiger partial charge in [0.1, 0.15) is 0 Å². The molecule has 0 atom stereocenters. The van der Waals surface area contributed by atoms with Gasteiger partial charge in [0, 0.05) is 44.2 Å². The Balaban J connectivity index is 1.77. The third-order valence-electron chi connectivity index (χ3n) is 3.36. The Morgan fingerprint density at radius 3 is 2.67 bits per heavy atom. The number of carbonyl (C=O) groups is 2. The van der Waals surface area contributed by atoms with E-state index in [1.54, 1.807) is 28.4 Å². The fraction of sp³-hybridized carbons (Fsp3) is 0.500. The Morgan fingerprint density at radius 1 is 1.38 bits per heavy atom. The van der Waals surface area contributed by atoms with Crippen molar-refractivity contribution in [3.8, 4) is 0 Å². The van der Waals surface area contributed by atoms with Crippen molar-refractivity contribution < 1.29 is 14.7 Å². The first kappa shape index (κ1) is 15.7. The Bertz CT molecular complexity index is 533. The highest BCUT2D eigenvalue weighted by Gasteiger charge is 2.19. The van der Waals surface area contributed by atoms with E-state index in [4.69, 9.17) is 5.11 Å². The molecule has 1 amide bonds. The molecule has 6 nitrogen and oxygen atoms in total. The van der Waals surface area contributed by atoms with E-state index in [2.05, 4.69) is 9.88 Å². The van der Waals surface area contributed by atoms with E-state index < -0.39 is 5.97 Å². The van der Waals surface area contributed by atoms with Gasteiger partial charge in [0.25, 0.3) is 0 Å². The van der Waals surface area contributed by atoms with Gasteiger partial charge in [-0.05, 0) is 13.0 Å². The minimum atomic E-state index is -0.782. The van der Waals surface area contributed by atoms with Gasteiger partial charge in [-0.2, -0.15) is 0 Å². The van der Waals surface area contributed by atoms with Gasteiger partial charge in [0.2, 0.25) is 5.91 Å². The predicted molar refractivity (Wildman–Crippen MR) is 81.2 cm³/mol. The molecule has 1 aromatic rings. The quantitative estimate of drug-likeness (QED) is 0.824. The summed E-state index contributed by atoms with van der Waals surface area (Å²) in [7, 11) is 0. The van der Waals surface area contributed by atoms with Crippen LogP contribution in [0.3, 0.4) is 0 Å². The average Bonchev–Trinajstić information content (AvgIpc) is 2.89. The van der Waals surface area contributed by atoms with Crippen molar-refractivity contribution >= 4 is 29.3 Å². The van der Waals surface area contributed by atoms with Crippen LogP contribution >= 0.6 is 11.3 Å². The number of nitrogens with zero attached hydrogens (tertiary/aromatic N) is 3. The molecule has 0 aliphatic carbocycles. The Labute approximate surface area is 127 Å². The van der Waals surface area contributed by atoms with Crippen molar-refractivity contribution in [3.63, 3.8) is 0 Å². The van der Waals surface area contributed by atoms with Gasteiger partial charge in [-0.3, -0.25) is 14.5 Å². The van der Waals surface area contributed by atoms with E-state index in [1.807, 2.05) is 12.3 Å². The summed E-state index contributed by atoms with van der Waals surface area (Å²) in [4.78, 5) is 30.7. The van der Waals surface area contributed by atoms with Gasteiger partial charge in [-0.15, -0.1) is 11.3 Å². The van der Waals surface area contributed by atoms with Crippen LogP contribution in [0.4, 0.5) is 0 Å². The van der Waals surface area contributed by atoms with Crippen LogP contribution in [0.25, 0.3) is 6.08 Å². The van der Waals surface area contributed by atoms with Crippen molar-refractivity contribution in [2.75, 3.05) is 32.7 Å². The van der Waals surface area contributed by atoms with Crippen LogP contribution in [-0.4, -0.2) is 64.5 Å². The molecular weight excluding hydrogens is 290 g/mol. The van der Waals surface area contributed by atoms with E-state index in [1.165, 1.54) is 0 Å². The van der Waals surface area contributed by atoms with Crippen molar-refractivity contribution in [2.24, 2.45) is 0 Å². The summed E-state index contributed by atoms with van der Waals surface area (Å²) in [5, 5.41) is 11.6. The molecule has 0 saturated carbocycles. The average molecular weight is 309 g/mol. The normalized spacial score (nSPS) is 16.5. The Morgan fingerprint density at radius 2 is 2.10 bits per heavy atom. The van der Waals surface area contributed by atoms with Crippen molar-refractivity contribution in [1.29, 1.82) is 0 Å². The van der Waals surface area contributed by atoms with Crippen molar-refractivity contribution in [1.82, 2.24) is 14.8 Å². The standard InChI is InChI=1S/C14H19N3O3S/c1-11-15-12(10-21-11)2-3-13(18)17-8-6-16(7-9-17)5-4-14(19)20/h2-3,10H,4-9H2,1H3,(H,19,20)/b3-2+. The van der Waals surface area contributed by atoms with Crippen LogP contribution in [0, 0.1) is 6.92 Å². The number of carbonyl (C=O) groups excluding carboxylic acids is 1. The van der Waals surface area contributed by atoms with Crippen LogP contribution < -0.4 is 0 Å². The molecule has 1 saturated heterocycles. The molecule has 21 heavy (non-hydrogen) atoms. The molecule has 1 aliphatic heterocycles. The Kier molecular flexibility index (Phi) is 5.46. The maximum atomic E-state index is 12.1. The second-order valence-corrected chi connectivity index (χ2v) is 6.00. The topological polar surface area (TPSA) is 73.7 Å². The number of hydrogen-bond acceptors (Lipinski definition) is 5. The molecule has 0 radical (unpaired) electrons. The van der Waals surface area contributed by atoms with Crippen molar-refractivity contribution in [2.45, 2.75) is 13.3 Å². The van der Waals surface area contributed by atoms with Gasteiger partial charge in [-0.1, -0.05) is 0 Å². The first-order valence-corrected chi connectivity index (χ1v) is 7.76. The molecule has 0 bridgehead atoms. The van der Waals surface area contributed by atoms with Gasteiger partial charge in [0.05, 0.1) is 17.1 Å². The zero-order valence-corrected chi connectivity index (χ0v) is 12.8. The second kappa shape index (κ2) is 7.33. The lowest BCUT2D eigenvalue weighted by atomic mass is 10.2. The lowest BCUT2D eigenvalue weighted by Crippen LogP contribution is -2.48. The van der Waals surface area contributed by atoms with Gasteiger partial charge in [0.15, 0.2) is 0 Å². The summed E-state index contributed by atoms with van der Waals surface area (Å²) in [5.41, 5.74) is 0.811. The lowest BCUT2D eigenvalue weighted by Gasteiger charge is -2.33. The number of carboxylic acid groups (broad SMARTS) is 1. The molecule has 7 heteroatoms. The van der Waals surface area contributed by atoms with Gasteiger partial charge in [-0.25, -0.2) is 4.98 Å². The number of rotatable bonds is 5. The lowest BCUT2D eigenvalue weighted by molar-refractivity contribution is -0.138. The minimum Gasteiger partial charge on any atom is -0.481 e. The molecule has 2 heterocycles. The molecule has 1 aliphatic rings. The fourth-order valence-electron chi connectivity index (χ4n) is 2.16. The molecular formula is C14H19N3O3S. The highest BCUT2D eigenvalue weighted by atomic mass is 32.1. The molecule has 2 rings (SSSR count). The van der Waals surface area contributed by atoms with Gasteiger partial charge >= 0.3 is 5.97 Å². The van der Waals surface area contributed by atoms with Crippen molar-refractivity contribution in [3.05, 3.63) is 22.2 Å². The third-order valence-corrected chi connectivity index (χ3v) is 4.15. The maximum absolute atomic E-state index is 12.1. The van der Waals surface area contributed by atoms with Crippen LogP contribution in [0.1, 0.15) is 17.1 Å². The molecule has 1 aromatic heterocycles. The largest absolute Gasteiger partial charge is 0.481 e. The summed E-state index contributed by atoms with van der Waals surface area (Å²) >= 11 is 1.56. The fourth-order valence-corrected chi connectivity index (χ4v) is 2.75. The zero-order valence-electron chi connectivity index (χ0n) is 12.0. The number of carboxylic acids is 1. The van der Waals surface area contributed by atoms with E-state index in [9.17, 15) is 9.59 Å². The minimum absolute atomic E-state index is 0.0152. The third kappa shape index (κ3) is 4.95. The van der Waals surface area contributed by atoms with Gasteiger partial charge < -0.3 is 10.0 Å². The molecule has 1 fully saturated rings. The van der Waals surface area contributed by atoms with E-state index >= 15 is 0 Å². The number of aliphatic carboxylic acids is 1. The number of hydrogen-bond donors (Lipinski definition) is 1. The molecule has 0 spiro atoms. The van der Waals surface area contributed by atoms with E-state index in [0.29, 0.717) is 19.6 Å². The first-order chi connectivity index (χ1) is 10.0. The Hall–Kier alpha value is -1.73. The summed E-state index contributed by atoms with van der Waals surface area (Å²) in [6.45, 7) is 5.20. The summed E-state index contributed by atoms with van der Waals surface area (Å²) in [6.07, 6.45) is 3.45. The van der Waals surface area contributed by atoms with Crippen LogP contribution in [0.15, 0.2) is 11.5 Å². The first-order valence-electron chi connectivity index (χ1n) is 6.88. The number of piperazine rings is 1. The highest BCUT2D eigenvalue weighted by molar-refractivity contribution is 7.09. The zero-order chi connectivity index (χ0) is 15.2. The smallest absolute Gasteiger partial charge is 0.304 e. The monoisotopic (exact) mass is 309 g/mol. The summed E-state index contributed by atoms with van der Waals surface area (Å²) in [6, 6.07) is 0. The van der Waals surface area contributed by atoms with Crippen LogP contribution in [-0.2, 0) is 9.59 Å². The maximum Gasteiger partial charge on any atom is 0.304 e. The number of amides is 1. The second-order valence-electron chi connectivity index (χ2n) is 4.94. The highest BCUT2D eigenvalue weighted by Crippen LogP contribution is 2.10. The predicted octanol–water partition coefficient (Wildman–Crippen LogP) is 1.08. The molecule has 1 N–H and O–H groups in total. The van der Waals surface area contributed by atoms with E-state index in [-0.39, 0.29) is 12.3 Å².